The molecular weight excluding hydrogens is 246 g/mol. The fourth-order valence-corrected chi connectivity index (χ4v) is 2.12. The molecule has 5 heteroatoms. The van der Waals surface area contributed by atoms with Crippen molar-refractivity contribution in [3.05, 3.63) is 59.0 Å². The first kappa shape index (κ1) is 11.4. The second kappa shape index (κ2) is 4.20. The summed E-state index contributed by atoms with van der Waals surface area (Å²) in [4.78, 5) is 36.1. The van der Waals surface area contributed by atoms with Crippen LogP contribution in [0.1, 0.15) is 36.6 Å². The third-order valence-corrected chi connectivity index (χ3v) is 3.11. The minimum Gasteiger partial charge on any atom is -0.471 e. The summed E-state index contributed by atoms with van der Waals surface area (Å²) < 4.78 is 4.91. The lowest BCUT2D eigenvalue weighted by molar-refractivity contribution is 0.0641. The van der Waals surface area contributed by atoms with Gasteiger partial charge in [0.2, 0.25) is 0 Å². The van der Waals surface area contributed by atoms with E-state index in [1.54, 1.807) is 24.3 Å². The zero-order valence-corrected chi connectivity index (χ0v) is 9.83. The second-order valence-electron chi connectivity index (χ2n) is 4.21. The van der Waals surface area contributed by atoms with Crippen molar-refractivity contribution in [2.75, 3.05) is 0 Å². The summed E-state index contributed by atoms with van der Waals surface area (Å²) in [5.41, 5.74) is 1.65. The summed E-state index contributed by atoms with van der Waals surface area (Å²) in [5, 5.41) is 0. The van der Waals surface area contributed by atoms with E-state index in [-0.39, 0.29) is 18.4 Å². The van der Waals surface area contributed by atoms with Crippen molar-refractivity contribution in [1.29, 1.82) is 0 Å². The van der Waals surface area contributed by atoms with E-state index in [1.807, 2.05) is 0 Å². The monoisotopic (exact) mass is 255 g/mol. The van der Waals surface area contributed by atoms with Crippen LogP contribution in [0.25, 0.3) is 0 Å². The molecule has 0 spiro atoms. The van der Waals surface area contributed by atoms with Crippen LogP contribution in [-0.4, -0.2) is 23.0 Å². The van der Waals surface area contributed by atoms with Gasteiger partial charge in [-0.05, 0) is 12.1 Å². The van der Waals surface area contributed by atoms with E-state index >= 15 is 0 Å². The van der Waals surface area contributed by atoms with Crippen LogP contribution in [0.5, 0.6) is 0 Å². The smallest absolute Gasteiger partial charge is 0.261 e. The molecule has 2 aromatic rings. The zero-order valence-electron chi connectivity index (χ0n) is 9.83. The molecule has 5 nitrogen and oxygen atoms in total. The molecule has 19 heavy (non-hydrogen) atoms. The number of furan rings is 1. The minimum atomic E-state index is -0.348. The third kappa shape index (κ3) is 1.67. The number of hydrogen-bond acceptors (Lipinski definition) is 4. The normalized spacial score (nSPS) is 13.8. The number of amides is 2. The number of nitrogens with zero attached hydrogens (tertiary/aromatic N) is 1. The van der Waals surface area contributed by atoms with Crippen molar-refractivity contribution in [1.82, 2.24) is 4.90 Å². The van der Waals surface area contributed by atoms with E-state index in [1.165, 1.54) is 12.5 Å². The second-order valence-corrected chi connectivity index (χ2v) is 4.21. The van der Waals surface area contributed by atoms with Crippen molar-refractivity contribution >= 4 is 18.1 Å². The van der Waals surface area contributed by atoms with Gasteiger partial charge in [-0.2, -0.15) is 0 Å². The molecule has 1 aromatic heterocycles. The van der Waals surface area contributed by atoms with Crippen LogP contribution in [0, 0.1) is 0 Å². The highest BCUT2D eigenvalue weighted by Gasteiger charge is 2.35. The van der Waals surface area contributed by atoms with E-state index < -0.39 is 0 Å². The predicted molar refractivity (Wildman–Crippen MR) is 64.7 cm³/mol. The van der Waals surface area contributed by atoms with Crippen LogP contribution in [0.4, 0.5) is 0 Å². The molecule has 1 aromatic carbocycles. The lowest BCUT2D eigenvalue weighted by Gasteiger charge is -2.12. The molecule has 1 aliphatic heterocycles. The van der Waals surface area contributed by atoms with Crippen LogP contribution < -0.4 is 0 Å². The Kier molecular flexibility index (Phi) is 2.52. The molecule has 94 valence electrons. The maximum Gasteiger partial charge on any atom is 0.261 e. The number of aldehydes is 1. The molecule has 0 aliphatic carbocycles. The van der Waals surface area contributed by atoms with Gasteiger partial charge in [-0.25, -0.2) is 0 Å². The van der Waals surface area contributed by atoms with Crippen molar-refractivity contribution < 1.29 is 18.8 Å². The van der Waals surface area contributed by atoms with Crippen LogP contribution >= 0.6 is 0 Å². The minimum absolute atomic E-state index is 0.0386. The van der Waals surface area contributed by atoms with Gasteiger partial charge in [0.05, 0.1) is 29.5 Å². The van der Waals surface area contributed by atoms with Crippen LogP contribution in [-0.2, 0) is 6.54 Å². The van der Waals surface area contributed by atoms with Crippen molar-refractivity contribution in [2.45, 2.75) is 6.54 Å². The molecule has 0 saturated carbocycles. The standard InChI is InChI=1S/C14H9NO4/c16-6-10-8-19-7-9(10)5-15-13(17)11-3-1-2-4-12(11)14(15)18/h1-4,6-8H,5H2. The van der Waals surface area contributed by atoms with E-state index in [0.29, 0.717) is 28.5 Å². The number of benzene rings is 1. The van der Waals surface area contributed by atoms with E-state index in [0.717, 1.165) is 4.90 Å². The van der Waals surface area contributed by atoms with Crippen molar-refractivity contribution in [2.24, 2.45) is 0 Å². The molecule has 0 radical (unpaired) electrons. The predicted octanol–water partition coefficient (Wildman–Crippen LogP) is 1.89. The molecule has 3 rings (SSSR count). The van der Waals surface area contributed by atoms with Crippen LogP contribution in [0.3, 0.4) is 0 Å². The summed E-state index contributed by atoms with van der Waals surface area (Å²) in [6.07, 6.45) is 3.30. The SMILES string of the molecule is O=Cc1cocc1CN1C(=O)c2ccccc2C1=O. The first-order chi connectivity index (χ1) is 9.22. The average Bonchev–Trinajstić information content (AvgIpc) is 2.98. The number of fused-ring (bicyclic) bond motifs is 1. The maximum absolute atomic E-state index is 12.1. The first-order valence-corrected chi connectivity index (χ1v) is 5.68. The van der Waals surface area contributed by atoms with Crippen LogP contribution in [0.2, 0.25) is 0 Å². The Morgan fingerprint density at radius 2 is 1.68 bits per heavy atom. The van der Waals surface area contributed by atoms with E-state index in [2.05, 4.69) is 0 Å². The Hall–Kier alpha value is -2.69. The first-order valence-electron chi connectivity index (χ1n) is 5.68. The molecule has 0 saturated heterocycles. The van der Waals surface area contributed by atoms with E-state index in [9.17, 15) is 14.4 Å². The van der Waals surface area contributed by atoms with Gasteiger partial charge >= 0.3 is 0 Å². The third-order valence-electron chi connectivity index (χ3n) is 3.11. The highest BCUT2D eigenvalue weighted by Crippen LogP contribution is 2.25. The van der Waals surface area contributed by atoms with E-state index in [4.69, 9.17) is 4.42 Å². The average molecular weight is 255 g/mol. The van der Waals surface area contributed by atoms with Gasteiger partial charge in [0.15, 0.2) is 6.29 Å². The fraction of sp³-hybridized carbons (Fsp3) is 0.0714. The number of hydrogen-bond donors (Lipinski definition) is 0. The Labute approximate surface area is 108 Å². The Morgan fingerprint density at radius 1 is 1.05 bits per heavy atom. The van der Waals surface area contributed by atoms with Gasteiger partial charge < -0.3 is 4.42 Å². The summed E-state index contributed by atoms with van der Waals surface area (Å²) in [5.74, 6) is -0.697. The molecule has 2 heterocycles. The van der Waals surface area contributed by atoms with Gasteiger partial charge in [-0.15, -0.1) is 0 Å². The van der Waals surface area contributed by atoms with Crippen molar-refractivity contribution in [3.8, 4) is 0 Å². The Balaban J connectivity index is 1.95. The van der Waals surface area contributed by atoms with Gasteiger partial charge in [0.25, 0.3) is 11.8 Å². The van der Waals surface area contributed by atoms with Gasteiger partial charge in [0.1, 0.15) is 6.26 Å². The quantitative estimate of drug-likeness (QED) is 0.620. The highest BCUT2D eigenvalue weighted by atomic mass is 16.3. The molecule has 0 N–H and O–H groups in total. The van der Waals surface area contributed by atoms with Gasteiger partial charge in [-0.1, -0.05) is 12.1 Å². The number of carbonyl (C=O) groups is 3. The molecule has 0 bridgehead atoms. The molecule has 1 aliphatic rings. The molecular formula is C14H9NO4. The van der Waals surface area contributed by atoms with Gasteiger partial charge in [-0.3, -0.25) is 19.3 Å². The summed E-state index contributed by atoms with van der Waals surface area (Å²) in [7, 11) is 0. The summed E-state index contributed by atoms with van der Waals surface area (Å²) in [6.45, 7) is 0.0386. The molecule has 2 amide bonds. The highest BCUT2D eigenvalue weighted by molar-refractivity contribution is 6.21. The number of imide groups is 1. The fourth-order valence-electron chi connectivity index (χ4n) is 2.12. The topological polar surface area (TPSA) is 67.6 Å². The number of carbonyl (C=O) groups excluding carboxylic acids is 3. The Bertz CT molecular complexity index is 651. The molecule has 0 atom stereocenters. The largest absolute Gasteiger partial charge is 0.471 e. The number of rotatable bonds is 3. The Morgan fingerprint density at radius 3 is 2.26 bits per heavy atom. The van der Waals surface area contributed by atoms with Crippen LogP contribution in [0.15, 0.2) is 41.2 Å². The maximum atomic E-state index is 12.1. The van der Waals surface area contributed by atoms with Gasteiger partial charge in [0, 0.05) is 5.56 Å². The summed E-state index contributed by atoms with van der Waals surface area (Å²) in [6, 6.07) is 6.65. The summed E-state index contributed by atoms with van der Waals surface area (Å²) >= 11 is 0. The lowest BCUT2D eigenvalue weighted by atomic mass is 10.1. The lowest BCUT2D eigenvalue weighted by Crippen LogP contribution is -2.29. The molecule has 0 fully saturated rings. The molecule has 0 unspecified atom stereocenters. The van der Waals surface area contributed by atoms with Crippen molar-refractivity contribution in [3.63, 3.8) is 0 Å². The zero-order chi connectivity index (χ0) is 13.4.